The minimum atomic E-state index is 0. The maximum Gasteiger partial charge on any atom is 0.191 e. The zero-order valence-corrected chi connectivity index (χ0v) is 14.5. The first-order valence-electron chi connectivity index (χ1n) is 6.86. The molecule has 1 fully saturated rings. The van der Waals surface area contributed by atoms with E-state index in [0.717, 1.165) is 25.5 Å². The van der Waals surface area contributed by atoms with Gasteiger partial charge in [-0.3, -0.25) is 4.99 Å². The van der Waals surface area contributed by atoms with Crippen molar-refractivity contribution in [3.63, 3.8) is 0 Å². The lowest BCUT2D eigenvalue weighted by molar-refractivity contribution is 0.195. The molecule has 5 heteroatoms. The van der Waals surface area contributed by atoms with Crippen molar-refractivity contribution in [2.45, 2.75) is 24.8 Å². The molecule has 1 saturated carbocycles. The van der Waals surface area contributed by atoms with Crippen molar-refractivity contribution in [2.24, 2.45) is 4.99 Å². The van der Waals surface area contributed by atoms with Gasteiger partial charge >= 0.3 is 0 Å². The number of halogens is 1. The molecule has 0 spiro atoms. The van der Waals surface area contributed by atoms with Crippen LogP contribution in [0.1, 0.15) is 24.3 Å². The maximum absolute atomic E-state index is 5.03. The van der Waals surface area contributed by atoms with Crippen LogP contribution >= 0.6 is 24.0 Å². The molecule has 0 aromatic heterocycles. The summed E-state index contributed by atoms with van der Waals surface area (Å²) >= 11 is 0. The molecule has 4 nitrogen and oxygen atoms in total. The molecule has 0 radical (unpaired) electrons. The maximum atomic E-state index is 5.03. The highest BCUT2D eigenvalue weighted by atomic mass is 127. The molecule has 1 aliphatic rings. The topological polar surface area (TPSA) is 45.7 Å². The normalized spacial score (nSPS) is 21.0. The fourth-order valence-corrected chi connectivity index (χ4v) is 2.22. The molecule has 2 atom stereocenters. The minimum absolute atomic E-state index is 0. The Morgan fingerprint density at radius 1 is 1.35 bits per heavy atom. The minimum Gasteiger partial charge on any atom is -0.385 e. The second-order valence-electron chi connectivity index (χ2n) is 4.85. The molecule has 2 N–H and O–H groups in total. The summed E-state index contributed by atoms with van der Waals surface area (Å²) in [6, 6.07) is 11.2. The highest BCUT2D eigenvalue weighted by Crippen LogP contribution is 2.40. The molecule has 1 aliphatic carbocycles. The van der Waals surface area contributed by atoms with Gasteiger partial charge in [-0.05, 0) is 18.4 Å². The van der Waals surface area contributed by atoms with Crippen molar-refractivity contribution in [1.29, 1.82) is 0 Å². The first kappa shape index (κ1) is 17.2. The SMILES string of the molecule is CN=C(NCCCOC)NC1CC1c1ccccc1.I. The van der Waals surface area contributed by atoms with Gasteiger partial charge in [0.05, 0.1) is 0 Å². The van der Waals surface area contributed by atoms with E-state index in [1.165, 1.54) is 12.0 Å². The van der Waals surface area contributed by atoms with Gasteiger partial charge in [0.1, 0.15) is 0 Å². The van der Waals surface area contributed by atoms with Gasteiger partial charge in [0.15, 0.2) is 5.96 Å². The van der Waals surface area contributed by atoms with Crippen molar-refractivity contribution in [3.8, 4) is 0 Å². The van der Waals surface area contributed by atoms with E-state index in [0.29, 0.717) is 12.0 Å². The van der Waals surface area contributed by atoms with Crippen LogP contribution in [0.15, 0.2) is 35.3 Å². The van der Waals surface area contributed by atoms with E-state index < -0.39 is 0 Å². The average molecular weight is 389 g/mol. The number of hydrogen-bond acceptors (Lipinski definition) is 2. The Morgan fingerprint density at radius 2 is 2.10 bits per heavy atom. The highest BCUT2D eigenvalue weighted by molar-refractivity contribution is 14.0. The summed E-state index contributed by atoms with van der Waals surface area (Å²) in [5.74, 6) is 1.51. The Bertz CT molecular complexity index is 411. The molecule has 0 bridgehead atoms. The fraction of sp³-hybridized carbons (Fsp3) is 0.533. The summed E-state index contributed by atoms with van der Waals surface area (Å²) in [4.78, 5) is 4.25. The van der Waals surface area contributed by atoms with Crippen LogP contribution in [0.2, 0.25) is 0 Å². The van der Waals surface area contributed by atoms with Crippen molar-refractivity contribution in [2.75, 3.05) is 27.3 Å². The first-order chi connectivity index (χ1) is 9.35. The number of nitrogens with one attached hydrogen (secondary N) is 2. The number of methoxy groups -OCH3 is 1. The van der Waals surface area contributed by atoms with Crippen LogP contribution < -0.4 is 10.6 Å². The van der Waals surface area contributed by atoms with Crippen LogP contribution in [-0.2, 0) is 4.74 Å². The number of ether oxygens (including phenoxy) is 1. The lowest BCUT2D eigenvalue weighted by atomic mass is 10.1. The smallest absolute Gasteiger partial charge is 0.191 e. The van der Waals surface area contributed by atoms with Gasteiger partial charge in [0.2, 0.25) is 0 Å². The Morgan fingerprint density at radius 3 is 2.75 bits per heavy atom. The number of hydrogen-bond donors (Lipinski definition) is 2. The third-order valence-electron chi connectivity index (χ3n) is 3.38. The van der Waals surface area contributed by atoms with Crippen molar-refractivity contribution >= 4 is 29.9 Å². The Kier molecular flexibility index (Phi) is 7.91. The Labute approximate surface area is 138 Å². The largest absolute Gasteiger partial charge is 0.385 e. The molecule has 0 amide bonds. The number of benzene rings is 1. The van der Waals surface area contributed by atoms with E-state index in [-0.39, 0.29) is 24.0 Å². The molecule has 0 saturated heterocycles. The number of guanidine groups is 1. The van der Waals surface area contributed by atoms with Crippen molar-refractivity contribution < 1.29 is 4.74 Å². The summed E-state index contributed by atoms with van der Waals surface area (Å²) in [6.45, 7) is 1.66. The zero-order chi connectivity index (χ0) is 13.5. The second kappa shape index (κ2) is 9.18. The van der Waals surface area contributed by atoms with Gasteiger partial charge in [-0.25, -0.2) is 0 Å². The van der Waals surface area contributed by atoms with Crippen molar-refractivity contribution in [1.82, 2.24) is 10.6 Å². The lowest BCUT2D eigenvalue weighted by Gasteiger charge is -2.11. The second-order valence-corrected chi connectivity index (χ2v) is 4.85. The van der Waals surface area contributed by atoms with Crippen LogP contribution in [0.25, 0.3) is 0 Å². The van der Waals surface area contributed by atoms with Gasteiger partial charge < -0.3 is 15.4 Å². The molecule has 20 heavy (non-hydrogen) atoms. The Hall–Kier alpha value is -0.820. The molecule has 1 aromatic carbocycles. The van der Waals surface area contributed by atoms with E-state index in [4.69, 9.17) is 4.74 Å². The third kappa shape index (κ3) is 5.28. The van der Waals surface area contributed by atoms with Crippen molar-refractivity contribution in [3.05, 3.63) is 35.9 Å². The van der Waals surface area contributed by atoms with E-state index in [2.05, 4.69) is 46.0 Å². The zero-order valence-electron chi connectivity index (χ0n) is 12.1. The number of aliphatic imine (C=N–C) groups is 1. The van der Waals surface area contributed by atoms with Gasteiger partial charge in [-0.2, -0.15) is 0 Å². The predicted molar refractivity (Wildman–Crippen MR) is 94.0 cm³/mol. The van der Waals surface area contributed by atoms with E-state index in [9.17, 15) is 0 Å². The average Bonchev–Trinajstić information content (AvgIpc) is 3.22. The first-order valence-corrected chi connectivity index (χ1v) is 6.86. The summed E-state index contributed by atoms with van der Waals surface area (Å²) in [5.41, 5.74) is 1.41. The monoisotopic (exact) mass is 389 g/mol. The standard InChI is InChI=1S/C15H23N3O.HI/c1-16-15(17-9-6-10-19-2)18-14-11-13(14)12-7-4-3-5-8-12;/h3-5,7-8,13-14H,6,9-11H2,1-2H3,(H2,16,17,18);1H. The number of rotatable bonds is 6. The summed E-state index contributed by atoms with van der Waals surface area (Å²) in [6.07, 6.45) is 2.17. The van der Waals surface area contributed by atoms with E-state index in [1.807, 2.05) is 7.05 Å². The van der Waals surface area contributed by atoms with Gasteiger partial charge in [-0.15, -0.1) is 24.0 Å². The van der Waals surface area contributed by atoms with Crippen LogP contribution in [-0.4, -0.2) is 39.3 Å². The molecule has 112 valence electrons. The number of nitrogens with zero attached hydrogens (tertiary/aromatic N) is 1. The summed E-state index contributed by atoms with van der Waals surface area (Å²) in [7, 11) is 3.54. The Balaban J connectivity index is 0.00000200. The van der Waals surface area contributed by atoms with Gasteiger partial charge in [0, 0.05) is 39.3 Å². The predicted octanol–water partition coefficient (Wildman–Crippen LogP) is 2.36. The van der Waals surface area contributed by atoms with Gasteiger partial charge in [-0.1, -0.05) is 30.3 Å². The fourth-order valence-electron chi connectivity index (χ4n) is 2.22. The van der Waals surface area contributed by atoms with Crippen LogP contribution in [0.3, 0.4) is 0 Å². The highest BCUT2D eigenvalue weighted by Gasteiger charge is 2.38. The summed E-state index contributed by atoms with van der Waals surface area (Å²) < 4.78 is 5.03. The quantitative estimate of drug-likeness (QED) is 0.340. The van der Waals surface area contributed by atoms with E-state index >= 15 is 0 Å². The molecule has 0 aliphatic heterocycles. The van der Waals surface area contributed by atoms with Gasteiger partial charge in [0.25, 0.3) is 0 Å². The van der Waals surface area contributed by atoms with Crippen LogP contribution in [0.4, 0.5) is 0 Å². The molecule has 0 heterocycles. The molecular formula is C15H24IN3O. The molecule has 2 unspecified atom stereocenters. The van der Waals surface area contributed by atoms with Crippen LogP contribution in [0.5, 0.6) is 0 Å². The van der Waals surface area contributed by atoms with E-state index in [1.54, 1.807) is 7.11 Å². The third-order valence-corrected chi connectivity index (χ3v) is 3.38. The molecule has 1 aromatic rings. The lowest BCUT2D eigenvalue weighted by Crippen LogP contribution is -2.39. The molecular weight excluding hydrogens is 365 g/mol. The molecule has 2 rings (SSSR count). The summed E-state index contributed by atoms with van der Waals surface area (Å²) in [5, 5.41) is 6.77. The van der Waals surface area contributed by atoms with Crippen LogP contribution in [0, 0.1) is 0 Å².